The summed E-state index contributed by atoms with van der Waals surface area (Å²) < 4.78 is 10.6. The van der Waals surface area contributed by atoms with Crippen molar-refractivity contribution in [2.75, 3.05) is 19.7 Å². The van der Waals surface area contributed by atoms with Crippen molar-refractivity contribution >= 4 is 23.7 Å². The molecule has 3 rings (SSSR count). The molecule has 2 aliphatic heterocycles. The molecule has 0 spiro atoms. The van der Waals surface area contributed by atoms with Gasteiger partial charge in [0.25, 0.3) is 17.7 Å². The average molecular weight is 374 g/mol. The van der Waals surface area contributed by atoms with Crippen molar-refractivity contribution in [2.45, 2.75) is 39.0 Å². The fraction of sp³-hybridized carbons (Fsp3) is 0.474. The van der Waals surface area contributed by atoms with Crippen LogP contribution in [0.4, 0.5) is 0 Å². The zero-order chi connectivity index (χ0) is 19.7. The summed E-state index contributed by atoms with van der Waals surface area (Å²) in [5.74, 6) is -2.21. The van der Waals surface area contributed by atoms with Gasteiger partial charge in [0.15, 0.2) is 6.61 Å². The summed E-state index contributed by atoms with van der Waals surface area (Å²) in [6.07, 6.45) is -0.184. The van der Waals surface area contributed by atoms with Gasteiger partial charge in [-0.15, -0.1) is 0 Å². The maximum absolute atomic E-state index is 12.4. The van der Waals surface area contributed by atoms with Crippen molar-refractivity contribution in [2.24, 2.45) is 0 Å². The Morgan fingerprint density at radius 2 is 1.63 bits per heavy atom. The minimum Gasteiger partial charge on any atom is -0.454 e. The van der Waals surface area contributed by atoms with Crippen LogP contribution in [-0.2, 0) is 19.1 Å². The Labute approximate surface area is 157 Å². The molecule has 27 heavy (non-hydrogen) atoms. The van der Waals surface area contributed by atoms with Crippen LogP contribution in [-0.4, -0.2) is 71.4 Å². The molecule has 0 N–H and O–H groups in total. The molecule has 0 aliphatic carbocycles. The van der Waals surface area contributed by atoms with Gasteiger partial charge in [-0.2, -0.15) is 0 Å². The highest BCUT2D eigenvalue weighted by Crippen LogP contribution is 2.24. The molecule has 0 aromatic heterocycles. The molecule has 0 radical (unpaired) electrons. The van der Waals surface area contributed by atoms with Crippen LogP contribution in [0.5, 0.6) is 0 Å². The third-order valence-electron chi connectivity index (χ3n) is 4.66. The second-order valence-electron chi connectivity index (χ2n) is 6.87. The van der Waals surface area contributed by atoms with Gasteiger partial charge in [0.1, 0.15) is 6.04 Å². The summed E-state index contributed by atoms with van der Waals surface area (Å²) in [6.45, 7) is 5.56. The number of esters is 1. The van der Waals surface area contributed by atoms with E-state index in [0.29, 0.717) is 13.1 Å². The molecule has 3 amide bonds. The number of ether oxygens (including phenoxy) is 2. The minimum absolute atomic E-state index is 0.0920. The van der Waals surface area contributed by atoms with E-state index in [1.54, 1.807) is 17.0 Å². The van der Waals surface area contributed by atoms with Crippen molar-refractivity contribution in [3.05, 3.63) is 35.4 Å². The lowest BCUT2D eigenvalue weighted by Crippen LogP contribution is -2.50. The number of carbonyl (C=O) groups is 4. The number of imide groups is 1. The molecule has 1 aromatic carbocycles. The maximum atomic E-state index is 12.4. The molecule has 0 unspecified atom stereocenters. The number of benzene rings is 1. The topological polar surface area (TPSA) is 93.2 Å². The van der Waals surface area contributed by atoms with E-state index in [0.717, 1.165) is 4.90 Å². The molecule has 2 aliphatic rings. The molecule has 0 bridgehead atoms. The first-order valence-corrected chi connectivity index (χ1v) is 8.86. The monoisotopic (exact) mass is 374 g/mol. The Hall–Kier alpha value is -2.74. The first kappa shape index (κ1) is 19.0. The van der Waals surface area contributed by atoms with E-state index < -0.39 is 30.4 Å². The summed E-state index contributed by atoms with van der Waals surface area (Å²) in [7, 11) is 0. The van der Waals surface area contributed by atoms with Crippen molar-refractivity contribution in [3.63, 3.8) is 0 Å². The number of morpholine rings is 1. The number of hydrogen-bond donors (Lipinski definition) is 0. The van der Waals surface area contributed by atoms with E-state index in [1.165, 1.54) is 19.1 Å². The SMILES string of the molecule is C[C@@H]1CN(C(=O)COC(=O)[C@@H](C)N2C(=O)c3ccccc3C2=O)C[C@H](C)O1. The number of hydrogen-bond acceptors (Lipinski definition) is 6. The molecular formula is C19H22N2O6. The molecule has 0 saturated carbocycles. The van der Waals surface area contributed by atoms with E-state index in [2.05, 4.69) is 0 Å². The molecule has 1 aromatic rings. The predicted octanol–water partition coefficient (Wildman–Crippen LogP) is 0.850. The molecule has 1 fully saturated rings. The van der Waals surface area contributed by atoms with Gasteiger partial charge in [-0.05, 0) is 32.9 Å². The highest BCUT2D eigenvalue weighted by atomic mass is 16.5. The van der Waals surface area contributed by atoms with E-state index >= 15 is 0 Å². The van der Waals surface area contributed by atoms with Crippen LogP contribution in [0.2, 0.25) is 0 Å². The summed E-state index contributed by atoms with van der Waals surface area (Å²) in [6, 6.07) is 5.27. The quantitative estimate of drug-likeness (QED) is 0.573. The van der Waals surface area contributed by atoms with Gasteiger partial charge < -0.3 is 14.4 Å². The Morgan fingerprint density at radius 1 is 1.11 bits per heavy atom. The van der Waals surface area contributed by atoms with Gasteiger partial charge in [-0.1, -0.05) is 12.1 Å². The van der Waals surface area contributed by atoms with Gasteiger partial charge in [-0.3, -0.25) is 19.3 Å². The number of nitrogens with zero attached hydrogens (tertiary/aromatic N) is 2. The second-order valence-corrected chi connectivity index (χ2v) is 6.87. The smallest absolute Gasteiger partial charge is 0.329 e. The van der Waals surface area contributed by atoms with Gasteiger partial charge in [0.2, 0.25) is 0 Å². The fourth-order valence-corrected chi connectivity index (χ4v) is 3.39. The lowest BCUT2D eigenvalue weighted by Gasteiger charge is -2.35. The summed E-state index contributed by atoms with van der Waals surface area (Å²) >= 11 is 0. The highest BCUT2D eigenvalue weighted by molar-refractivity contribution is 6.22. The molecule has 2 heterocycles. The summed E-state index contributed by atoms with van der Waals surface area (Å²) in [5.41, 5.74) is 0.518. The largest absolute Gasteiger partial charge is 0.454 e. The highest BCUT2D eigenvalue weighted by Gasteiger charge is 2.41. The number of rotatable bonds is 4. The molecule has 144 valence electrons. The lowest BCUT2D eigenvalue weighted by atomic mass is 10.1. The van der Waals surface area contributed by atoms with Crippen LogP contribution in [0.25, 0.3) is 0 Å². The normalized spacial score (nSPS) is 23.2. The second kappa shape index (κ2) is 7.48. The summed E-state index contributed by atoms with van der Waals surface area (Å²) in [4.78, 5) is 51.9. The van der Waals surface area contributed by atoms with Crippen LogP contribution < -0.4 is 0 Å². The van der Waals surface area contributed by atoms with Gasteiger partial charge in [0.05, 0.1) is 23.3 Å². The third kappa shape index (κ3) is 3.71. The number of amides is 3. The molecule has 8 heteroatoms. The zero-order valence-corrected chi connectivity index (χ0v) is 15.5. The van der Waals surface area contributed by atoms with E-state index in [1.807, 2.05) is 13.8 Å². The number of carbonyl (C=O) groups excluding carboxylic acids is 4. The zero-order valence-electron chi connectivity index (χ0n) is 15.5. The first-order valence-electron chi connectivity index (χ1n) is 8.86. The van der Waals surface area contributed by atoms with Crippen LogP contribution in [0.1, 0.15) is 41.5 Å². The predicted molar refractivity (Wildman–Crippen MR) is 94.0 cm³/mol. The first-order chi connectivity index (χ1) is 12.8. The molecule has 1 saturated heterocycles. The van der Waals surface area contributed by atoms with Crippen molar-refractivity contribution in [3.8, 4) is 0 Å². The van der Waals surface area contributed by atoms with E-state index in [4.69, 9.17) is 9.47 Å². The Morgan fingerprint density at radius 3 is 2.15 bits per heavy atom. The summed E-state index contributed by atoms with van der Waals surface area (Å²) in [5, 5.41) is 0. The van der Waals surface area contributed by atoms with Crippen LogP contribution in [0.15, 0.2) is 24.3 Å². The van der Waals surface area contributed by atoms with Crippen molar-refractivity contribution in [1.29, 1.82) is 0 Å². The van der Waals surface area contributed by atoms with Crippen LogP contribution in [0, 0.1) is 0 Å². The lowest BCUT2D eigenvalue weighted by molar-refractivity contribution is -0.159. The van der Waals surface area contributed by atoms with Crippen LogP contribution >= 0.6 is 0 Å². The van der Waals surface area contributed by atoms with Crippen molar-refractivity contribution < 1.29 is 28.7 Å². The Bertz CT molecular complexity index is 747. The standard InChI is InChI=1S/C19H22N2O6/c1-11-8-20(9-12(2)27-11)16(22)10-26-19(25)13(3)21-17(23)14-6-4-5-7-15(14)18(21)24/h4-7,11-13H,8-10H2,1-3H3/t11-,12+,13-/m1/s1. The van der Waals surface area contributed by atoms with Gasteiger partial charge in [0, 0.05) is 13.1 Å². The van der Waals surface area contributed by atoms with Gasteiger partial charge >= 0.3 is 5.97 Å². The molecular weight excluding hydrogens is 352 g/mol. The Kier molecular flexibility index (Phi) is 5.27. The van der Waals surface area contributed by atoms with E-state index in [9.17, 15) is 19.2 Å². The average Bonchev–Trinajstić information content (AvgIpc) is 2.89. The third-order valence-corrected chi connectivity index (χ3v) is 4.66. The van der Waals surface area contributed by atoms with E-state index in [-0.39, 0.29) is 29.2 Å². The minimum atomic E-state index is -1.12. The maximum Gasteiger partial charge on any atom is 0.329 e. The Balaban J connectivity index is 1.59. The number of fused-ring (bicyclic) bond motifs is 1. The fourth-order valence-electron chi connectivity index (χ4n) is 3.39. The van der Waals surface area contributed by atoms with Crippen LogP contribution in [0.3, 0.4) is 0 Å². The van der Waals surface area contributed by atoms with Gasteiger partial charge in [-0.25, -0.2) is 4.79 Å². The molecule has 3 atom stereocenters. The molecule has 8 nitrogen and oxygen atoms in total. The van der Waals surface area contributed by atoms with Crippen molar-refractivity contribution in [1.82, 2.24) is 9.80 Å².